The molecule has 0 amide bonds. The fourth-order valence-electron chi connectivity index (χ4n) is 1.03. The summed E-state index contributed by atoms with van der Waals surface area (Å²) in [7, 11) is -4.33. The van der Waals surface area contributed by atoms with Gasteiger partial charge in [-0.3, -0.25) is 0 Å². The zero-order chi connectivity index (χ0) is 13.5. The predicted molar refractivity (Wildman–Crippen MR) is 47.8 cm³/mol. The SMILES string of the molecule is NS(=O)(=O)c1cccc(C(F)(F)C(F)(F)F)c1. The van der Waals surface area contributed by atoms with Crippen molar-refractivity contribution in [1.29, 1.82) is 0 Å². The van der Waals surface area contributed by atoms with Gasteiger partial charge in [0.25, 0.3) is 0 Å². The first-order chi connectivity index (χ1) is 7.46. The molecule has 1 rings (SSSR count). The van der Waals surface area contributed by atoms with E-state index in [2.05, 4.69) is 5.14 Å². The van der Waals surface area contributed by atoms with E-state index in [1.807, 2.05) is 0 Å². The van der Waals surface area contributed by atoms with Gasteiger partial charge in [-0.1, -0.05) is 12.1 Å². The molecule has 0 fully saturated rings. The Kier molecular flexibility index (Phi) is 3.19. The lowest BCUT2D eigenvalue weighted by molar-refractivity contribution is -0.289. The van der Waals surface area contributed by atoms with Gasteiger partial charge in [0.1, 0.15) is 0 Å². The van der Waals surface area contributed by atoms with Crippen LogP contribution >= 0.6 is 0 Å². The molecule has 0 radical (unpaired) electrons. The molecule has 1 aromatic carbocycles. The van der Waals surface area contributed by atoms with Crippen LogP contribution in [0.2, 0.25) is 0 Å². The van der Waals surface area contributed by atoms with Gasteiger partial charge in [-0.05, 0) is 12.1 Å². The average Bonchev–Trinajstić information content (AvgIpc) is 2.15. The molecular weight excluding hydrogens is 269 g/mol. The molecule has 0 atom stereocenters. The lowest BCUT2D eigenvalue weighted by Crippen LogP contribution is -2.33. The topological polar surface area (TPSA) is 60.2 Å². The van der Waals surface area contributed by atoms with E-state index in [1.54, 1.807) is 0 Å². The number of halogens is 5. The summed E-state index contributed by atoms with van der Waals surface area (Å²) in [6.45, 7) is 0. The second-order valence-electron chi connectivity index (χ2n) is 3.14. The van der Waals surface area contributed by atoms with Crippen LogP contribution < -0.4 is 5.14 Å². The zero-order valence-corrected chi connectivity index (χ0v) is 8.82. The predicted octanol–water partition coefficient (Wildman–Crippen LogP) is 1.99. The Labute approximate surface area is 93.1 Å². The van der Waals surface area contributed by atoms with Crippen molar-refractivity contribution in [2.24, 2.45) is 5.14 Å². The van der Waals surface area contributed by atoms with Crippen molar-refractivity contribution in [3.63, 3.8) is 0 Å². The average molecular weight is 275 g/mol. The van der Waals surface area contributed by atoms with Crippen molar-refractivity contribution in [3.05, 3.63) is 29.8 Å². The molecule has 96 valence electrons. The van der Waals surface area contributed by atoms with Crippen LogP contribution in [-0.2, 0) is 15.9 Å². The number of benzene rings is 1. The largest absolute Gasteiger partial charge is 0.458 e. The van der Waals surface area contributed by atoms with Crippen LogP contribution in [0.25, 0.3) is 0 Å². The summed E-state index contributed by atoms with van der Waals surface area (Å²) in [5.41, 5.74) is -1.48. The van der Waals surface area contributed by atoms with Gasteiger partial charge in [0, 0.05) is 5.56 Å². The maximum atomic E-state index is 12.9. The maximum absolute atomic E-state index is 12.9. The molecule has 0 aliphatic heterocycles. The van der Waals surface area contributed by atoms with Crippen LogP contribution in [-0.4, -0.2) is 14.6 Å². The molecule has 3 nitrogen and oxygen atoms in total. The minimum absolute atomic E-state index is 0.197. The van der Waals surface area contributed by atoms with E-state index in [0.29, 0.717) is 6.07 Å². The van der Waals surface area contributed by atoms with E-state index in [0.717, 1.165) is 12.1 Å². The number of rotatable bonds is 2. The van der Waals surface area contributed by atoms with E-state index < -0.39 is 32.6 Å². The monoisotopic (exact) mass is 275 g/mol. The fraction of sp³-hybridized carbons (Fsp3) is 0.250. The highest BCUT2D eigenvalue weighted by Gasteiger charge is 2.58. The molecule has 0 aromatic heterocycles. The Morgan fingerprint density at radius 1 is 1.06 bits per heavy atom. The Morgan fingerprint density at radius 3 is 2.00 bits per heavy atom. The highest BCUT2D eigenvalue weighted by molar-refractivity contribution is 7.89. The Bertz CT molecular complexity index is 523. The van der Waals surface area contributed by atoms with Crippen molar-refractivity contribution < 1.29 is 30.4 Å². The fourth-order valence-corrected chi connectivity index (χ4v) is 1.59. The normalized spacial score (nSPS) is 13.8. The third-order valence-electron chi connectivity index (χ3n) is 1.88. The maximum Gasteiger partial charge on any atom is 0.458 e. The summed E-state index contributed by atoms with van der Waals surface area (Å²) in [6.07, 6.45) is -5.80. The molecule has 0 heterocycles. The summed E-state index contributed by atoms with van der Waals surface area (Å²) in [6, 6.07) is 2.25. The smallest absolute Gasteiger partial charge is 0.225 e. The Morgan fingerprint density at radius 2 is 1.59 bits per heavy atom. The standard InChI is InChI=1S/C8H6F5NO2S/c9-7(10,8(11,12)13)5-2-1-3-6(4-5)17(14,15)16/h1-4H,(H2,14,15,16). The van der Waals surface area contributed by atoms with Crippen molar-refractivity contribution in [2.75, 3.05) is 0 Å². The lowest BCUT2D eigenvalue weighted by atomic mass is 10.1. The molecule has 0 aliphatic rings. The zero-order valence-electron chi connectivity index (χ0n) is 8.00. The molecule has 17 heavy (non-hydrogen) atoms. The molecule has 0 unspecified atom stereocenters. The van der Waals surface area contributed by atoms with Gasteiger partial charge in [0.05, 0.1) is 4.90 Å². The number of hydrogen-bond donors (Lipinski definition) is 1. The second kappa shape index (κ2) is 3.91. The molecular formula is C8H6F5NO2S. The van der Waals surface area contributed by atoms with Gasteiger partial charge in [-0.15, -0.1) is 0 Å². The first kappa shape index (κ1) is 13.8. The van der Waals surface area contributed by atoms with Crippen LogP contribution in [0, 0.1) is 0 Å². The third-order valence-corrected chi connectivity index (χ3v) is 2.79. The molecule has 0 spiro atoms. The summed E-state index contributed by atoms with van der Waals surface area (Å²) in [4.78, 5) is -0.807. The highest BCUT2D eigenvalue weighted by atomic mass is 32.2. The molecule has 1 aromatic rings. The van der Waals surface area contributed by atoms with Crippen molar-refractivity contribution in [2.45, 2.75) is 17.0 Å². The van der Waals surface area contributed by atoms with E-state index in [1.165, 1.54) is 0 Å². The van der Waals surface area contributed by atoms with E-state index in [-0.39, 0.29) is 6.07 Å². The van der Waals surface area contributed by atoms with Crippen molar-refractivity contribution in [3.8, 4) is 0 Å². The minimum atomic E-state index is -5.80. The number of alkyl halides is 5. The van der Waals surface area contributed by atoms with Crippen LogP contribution in [0.4, 0.5) is 22.0 Å². The van der Waals surface area contributed by atoms with Gasteiger partial charge in [-0.2, -0.15) is 22.0 Å². The third kappa shape index (κ3) is 2.72. The number of nitrogens with two attached hydrogens (primary N) is 1. The molecule has 9 heteroatoms. The van der Waals surface area contributed by atoms with E-state index in [4.69, 9.17) is 0 Å². The highest BCUT2D eigenvalue weighted by Crippen LogP contribution is 2.44. The number of hydrogen-bond acceptors (Lipinski definition) is 2. The minimum Gasteiger partial charge on any atom is -0.225 e. The van der Waals surface area contributed by atoms with Gasteiger partial charge < -0.3 is 0 Å². The van der Waals surface area contributed by atoms with Crippen LogP contribution in [0.15, 0.2) is 29.2 Å². The first-order valence-electron chi connectivity index (χ1n) is 4.04. The summed E-state index contributed by atoms with van der Waals surface area (Å²) < 4.78 is 83.4. The Hall–Kier alpha value is -1.22. The van der Waals surface area contributed by atoms with E-state index >= 15 is 0 Å². The van der Waals surface area contributed by atoms with Gasteiger partial charge in [-0.25, -0.2) is 13.6 Å². The van der Waals surface area contributed by atoms with Crippen LogP contribution in [0.3, 0.4) is 0 Å². The summed E-state index contributed by atoms with van der Waals surface area (Å²) >= 11 is 0. The van der Waals surface area contributed by atoms with Crippen LogP contribution in [0.1, 0.15) is 5.56 Å². The van der Waals surface area contributed by atoms with Gasteiger partial charge >= 0.3 is 12.1 Å². The number of primary sulfonamides is 1. The molecule has 0 bridgehead atoms. The first-order valence-corrected chi connectivity index (χ1v) is 5.59. The van der Waals surface area contributed by atoms with Gasteiger partial charge in [0.2, 0.25) is 10.0 Å². The van der Waals surface area contributed by atoms with E-state index in [9.17, 15) is 30.4 Å². The lowest BCUT2D eigenvalue weighted by Gasteiger charge is -2.20. The summed E-state index contributed by atoms with van der Waals surface area (Å²) in [5.74, 6) is -5.13. The van der Waals surface area contributed by atoms with Gasteiger partial charge in [0.15, 0.2) is 0 Å². The summed E-state index contributed by atoms with van der Waals surface area (Å²) in [5, 5.41) is 4.62. The molecule has 0 saturated carbocycles. The Balaban J connectivity index is 3.36. The van der Waals surface area contributed by atoms with Crippen LogP contribution in [0.5, 0.6) is 0 Å². The molecule has 0 saturated heterocycles. The number of sulfonamides is 1. The van der Waals surface area contributed by atoms with Crippen molar-refractivity contribution in [1.82, 2.24) is 0 Å². The van der Waals surface area contributed by atoms with Crippen molar-refractivity contribution >= 4 is 10.0 Å². The molecule has 0 aliphatic carbocycles. The molecule has 2 N–H and O–H groups in total. The quantitative estimate of drug-likeness (QED) is 0.839. The second-order valence-corrected chi connectivity index (χ2v) is 4.71.